The van der Waals surface area contributed by atoms with E-state index in [1.54, 1.807) is 6.07 Å². The maximum atomic E-state index is 14.4. The summed E-state index contributed by atoms with van der Waals surface area (Å²) >= 11 is 0. The lowest BCUT2D eigenvalue weighted by atomic mass is 9.97. The lowest BCUT2D eigenvalue weighted by Gasteiger charge is -2.32. The van der Waals surface area contributed by atoms with Gasteiger partial charge in [0.1, 0.15) is 5.82 Å². The molecule has 2 aliphatic heterocycles. The van der Waals surface area contributed by atoms with Gasteiger partial charge in [-0.3, -0.25) is 9.89 Å². The van der Waals surface area contributed by atoms with Crippen LogP contribution in [0.15, 0.2) is 57.7 Å². The quantitative estimate of drug-likeness (QED) is 0.757. The van der Waals surface area contributed by atoms with Gasteiger partial charge in [0.15, 0.2) is 12.1 Å². The number of aliphatic imine (C=N–C) groups is 1. The number of fused-ring (bicyclic) bond motifs is 3. The molecule has 0 saturated heterocycles. The molecule has 0 saturated carbocycles. The van der Waals surface area contributed by atoms with Crippen LogP contribution in [-0.2, 0) is 6.18 Å². The highest BCUT2D eigenvalue weighted by atomic mass is 19.4. The molecular weight excluding hydrogens is 376 g/mol. The van der Waals surface area contributed by atoms with Crippen molar-refractivity contribution in [1.29, 1.82) is 0 Å². The van der Waals surface area contributed by atoms with Crippen LogP contribution < -0.4 is 4.90 Å². The van der Waals surface area contributed by atoms with Gasteiger partial charge in [0.05, 0.1) is 29.2 Å². The van der Waals surface area contributed by atoms with Crippen molar-refractivity contribution in [3.8, 4) is 0 Å². The highest BCUT2D eigenvalue weighted by Crippen LogP contribution is 2.37. The Labute approximate surface area is 157 Å². The first-order valence-corrected chi connectivity index (χ1v) is 8.36. The largest absolute Gasteiger partial charge is 0.416 e. The highest BCUT2D eigenvalue weighted by molar-refractivity contribution is 6.21. The third-order valence-electron chi connectivity index (χ3n) is 4.57. The van der Waals surface area contributed by atoms with Crippen LogP contribution in [0, 0.1) is 5.82 Å². The third-order valence-corrected chi connectivity index (χ3v) is 4.57. The normalized spacial score (nSPS) is 19.1. The summed E-state index contributed by atoms with van der Waals surface area (Å²) in [6.07, 6.45) is -5.89. The summed E-state index contributed by atoms with van der Waals surface area (Å²) in [7, 11) is 0. The predicted octanol–water partition coefficient (Wildman–Crippen LogP) is 3.61. The molecule has 0 amide bonds. The number of benzene rings is 2. The molecule has 2 aromatic carbocycles. The summed E-state index contributed by atoms with van der Waals surface area (Å²) in [5, 5.41) is 18.4. The van der Waals surface area contributed by atoms with Crippen molar-refractivity contribution in [2.75, 3.05) is 11.4 Å². The number of hydrogen-bond donors (Lipinski definition) is 1. The number of halogens is 4. The summed E-state index contributed by atoms with van der Waals surface area (Å²) in [6.45, 7) is 1.44. The summed E-state index contributed by atoms with van der Waals surface area (Å²) < 4.78 is 54.4. The van der Waals surface area contributed by atoms with Crippen molar-refractivity contribution in [3.05, 3.63) is 65.0 Å². The van der Waals surface area contributed by atoms with E-state index in [2.05, 4.69) is 15.2 Å². The number of anilines is 1. The molecule has 0 aromatic heterocycles. The van der Waals surface area contributed by atoms with E-state index in [0.29, 0.717) is 0 Å². The number of rotatable bonds is 1. The van der Waals surface area contributed by atoms with E-state index < -0.39 is 23.8 Å². The Morgan fingerprint density at radius 1 is 1.07 bits per heavy atom. The minimum Gasteiger partial charge on any atom is -0.368 e. The number of hydrogen-bond acceptors (Lipinski definition) is 5. The van der Waals surface area contributed by atoms with E-state index >= 15 is 0 Å². The minimum atomic E-state index is -4.59. The zero-order valence-corrected chi connectivity index (χ0v) is 14.6. The van der Waals surface area contributed by atoms with Gasteiger partial charge in [-0.05, 0) is 31.2 Å². The van der Waals surface area contributed by atoms with E-state index in [1.165, 1.54) is 36.1 Å². The van der Waals surface area contributed by atoms with Crippen molar-refractivity contribution >= 4 is 22.9 Å². The zero-order chi connectivity index (χ0) is 20.1. The van der Waals surface area contributed by atoms with Crippen molar-refractivity contribution in [2.24, 2.45) is 15.2 Å². The molecule has 1 N–H and O–H groups in total. The first-order chi connectivity index (χ1) is 13.3. The van der Waals surface area contributed by atoms with Crippen LogP contribution in [0.25, 0.3) is 0 Å². The standard InChI is InChI=1S/C19H14F4N4O/c1-10-18(28)27-15-8-11(19(21,22)23)6-7-13(15)17(24-9-16(27)26-25-10)12-4-2-3-5-14(12)20/h2-8,18,28H,9H2,1H3. The highest BCUT2D eigenvalue weighted by Gasteiger charge is 2.36. The lowest BCUT2D eigenvalue weighted by molar-refractivity contribution is -0.137. The van der Waals surface area contributed by atoms with Gasteiger partial charge in [0, 0.05) is 11.1 Å². The summed E-state index contributed by atoms with van der Waals surface area (Å²) in [5.41, 5.74) is -0.0408. The van der Waals surface area contributed by atoms with Crippen LogP contribution in [0.1, 0.15) is 23.6 Å². The Morgan fingerprint density at radius 3 is 2.54 bits per heavy atom. The average molecular weight is 390 g/mol. The van der Waals surface area contributed by atoms with E-state index in [1.807, 2.05) is 0 Å². The SMILES string of the molecule is CC1=NN=C2CN=C(c3ccccc3F)c3ccc(C(F)(F)F)cc3N2C1O. The molecule has 2 aliphatic rings. The van der Waals surface area contributed by atoms with E-state index in [0.717, 1.165) is 12.1 Å². The number of aliphatic hydroxyl groups is 1. The average Bonchev–Trinajstić information content (AvgIpc) is 2.81. The summed E-state index contributed by atoms with van der Waals surface area (Å²) in [5.74, 6) is -0.382. The van der Waals surface area contributed by atoms with Gasteiger partial charge < -0.3 is 5.11 Å². The third kappa shape index (κ3) is 2.97. The molecule has 9 heteroatoms. The predicted molar refractivity (Wildman–Crippen MR) is 97.4 cm³/mol. The van der Waals surface area contributed by atoms with Gasteiger partial charge in [-0.2, -0.15) is 18.3 Å². The molecule has 0 radical (unpaired) electrons. The van der Waals surface area contributed by atoms with Crippen LogP contribution in [0.5, 0.6) is 0 Å². The fourth-order valence-electron chi connectivity index (χ4n) is 3.17. The molecule has 5 nitrogen and oxygen atoms in total. The molecule has 1 unspecified atom stereocenters. The molecule has 0 fully saturated rings. The minimum absolute atomic E-state index is 0.0369. The molecule has 2 heterocycles. The molecule has 28 heavy (non-hydrogen) atoms. The number of aliphatic hydroxyl groups excluding tert-OH is 1. The van der Waals surface area contributed by atoms with Gasteiger partial charge in [-0.25, -0.2) is 4.39 Å². The molecule has 2 aromatic rings. The topological polar surface area (TPSA) is 60.5 Å². The first kappa shape index (κ1) is 18.3. The van der Waals surface area contributed by atoms with Gasteiger partial charge in [-0.15, -0.1) is 5.10 Å². The molecule has 0 aliphatic carbocycles. The van der Waals surface area contributed by atoms with Crippen LogP contribution in [0.2, 0.25) is 0 Å². The second kappa shape index (κ2) is 6.52. The van der Waals surface area contributed by atoms with E-state index in [-0.39, 0.29) is 40.6 Å². The van der Waals surface area contributed by atoms with E-state index in [4.69, 9.17) is 0 Å². The van der Waals surface area contributed by atoms with Crippen molar-refractivity contribution in [1.82, 2.24) is 0 Å². The van der Waals surface area contributed by atoms with Crippen LogP contribution in [0.3, 0.4) is 0 Å². The Morgan fingerprint density at radius 2 is 1.82 bits per heavy atom. The number of nitrogens with zero attached hydrogens (tertiary/aromatic N) is 4. The Hall–Kier alpha value is -3.07. The fourth-order valence-corrected chi connectivity index (χ4v) is 3.17. The first-order valence-electron chi connectivity index (χ1n) is 8.36. The van der Waals surface area contributed by atoms with E-state index in [9.17, 15) is 22.7 Å². The Bertz CT molecular complexity index is 1040. The second-order valence-corrected chi connectivity index (χ2v) is 6.38. The summed E-state index contributed by atoms with van der Waals surface area (Å²) in [6, 6.07) is 8.93. The maximum absolute atomic E-state index is 14.4. The molecular formula is C19H14F4N4O. The van der Waals surface area contributed by atoms with Gasteiger partial charge in [0.2, 0.25) is 0 Å². The number of alkyl halides is 3. The van der Waals surface area contributed by atoms with Crippen LogP contribution in [0.4, 0.5) is 23.2 Å². The monoisotopic (exact) mass is 390 g/mol. The van der Waals surface area contributed by atoms with Crippen molar-refractivity contribution < 1.29 is 22.7 Å². The molecule has 144 valence electrons. The smallest absolute Gasteiger partial charge is 0.368 e. The van der Waals surface area contributed by atoms with Gasteiger partial charge >= 0.3 is 6.18 Å². The van der Waals surface area contributed by atoms with Crippen LogP contribution >= 0.6 is 0 Å². The van der Waals surface area contributed by atoms with Crippen molar-refractivity contribution in [2.45, 2.75) is 19.3 Å². The molecule has 1 atom stereocenters. The van der Waals surface area contributed by atoms with Gasteiger partial charge in [-0.1, -0.05) is 18.2 Å². The molecule has 0 bridgehead atoms. The fraction of sp³-hybridized carbons (Fsp3) is 0.211. The Balaban J connectivity index is 1.98. The maximum Gasteiger partial charge on any atom is 0.416 e. The molecule has 4 rings (SSSR count). The zero-order valence-electron chi connectivity index (χ0n) is 14.6. The number of amidine groups is 1. The van der Waals surface area contributed by atoms with Crippen molar-refractivity contribution in [3.63, 3.8) is 0 Å². The Kier molecular flexibility index (Phi) is 4.26. The van der Waals surface area contributed by atoms with Gasteiger partial charge in [0.25, 0.3) is 0 Å². The second-order valence-electron chi connectivity index (χ2n) is 6.38. The lowest BCUT2D eigenvalue weighted by Crippen LogP contribution is -2.47. The summed E-state index contributed by atoms with van der Waals surface area (Å²) in [4.78, 5) is 5.63. The van der Waals surface area contributed by atoms with Crippen LogP contribution in [-0.4, -0.2) is 35.1 Å². The molecule has 0 spiro atoms.